The number of carbonyl (C=O) groups is 1. The largest absolute Gasteiger partial charge is 0.333 e. The minimum atomic E-state index is -0.166. The van der Waals surface area contributed by atoms with E-state index < -0.39 is 0 Å². The molecule has 1 amide bonds. The summed E-state index contributed by atoms with van der Waals surface area (Å²) in [5.41, 5.74) is 4.14. The van der Waals surface area contributed by atoms with Crippen molar-refractivity contribution < 1.29 is 4.79 Å². The lowest BCUT2D eigenvalue weighted by Gasteiger charge is -2.36. The Kier molecular flexibility index (Phi) is 4.76. The Bertz CT molecular complexity index is 748. The molecule has 1 aliphatic heterocycles. The number of hydrogen-bond acceptors (Lipinski definition) is 4. The van der Waals surface area contributed by atoms with E-state index in [1.165, 1.54) is 0 Å². The standard InChI is InChI=1S/C18H26N4OS/c1-11-10-24-17(19-11)15-8-6-7-9-22(15)18(23)12(2)16-13(3)20-21(5)14(16)4/h10,12,15H,6-9H2,1-5H3/t12-,15-/m1/s1. The quantitative estimate of drug-likeness (QED) is 0.852. The second-order valence-electron chi connectivity index (χ2n) is 6.80. The van der Waals surface area contributed by atoms with Crippen LogP contribution in [-0.2, 0) is 11.8 Å². The van der Waals surface area contributed by atoms with E-state index in [1.807, 2.05) is 39.4 Å². The van der Waals surface area contributed by atoms with Crippen molar-refractivity contribution in [2.24, 2.45) is 7.05 Å². The van der Waals surface area contributed by atoms with Gasteiger partial charge in [-0.15, -0.1) is 11.3 Å². The summed E-state index contributed by atoms with van der Waals surface area (Å²) in [5.74, 6) is 0.0344. The highest BCUT2D eigenvalue weighted by molar-refractivity contribution is 7.09. The van der Waals surface area contributed by atoms with Gasteiger partial charge in [0.15, 0.2) is 0 Å². The topological polar surface area (TPSA) is 51.0 Å². The summed E-state index contributed by atoms with van der Waals surface area (Å²) < 4.78 is 1.87. The molecule has 0 N–H and O–H groups in total. The van der Waals surface area contributed by atoms with Crippen molar-refractivity contribution >= 4 is 17.2 Å². The molecule has 0 aliphatic carbocycles. The van der Waals surface area contributed by atoms with E-state index in [4.69, 9.17) is 0 Å². The van der Waals surface area contributed by atoms with Gasteiger partial charge in [-0.2, -0.15) is 5.10 Å². The number of aromatic nitrogens is 3. The van der Waals surface area contributed by atoms with Gasteiger partial charge in [-0.05, 0) is 47.0 Å². The summed E-state index contributed by atoms with van der Waals surface area (Å²) in [7, 11) is 1.94. The molecule has 0 bridgehead atoms. The molecule has 2 atom stereocenters. The smallest absolute Gasteiger partial charge is 0.230 e. The first-order chi connectivity index (χ1) is 11.4. The van der Waals surface area contributed by atoms with Crippen molar-refractivity contribution in [3.63, 3.8) is 0 Å². The molecule has 1 aliphatic rings. The first-order valence-electron chi connectivity index (χ1n) is 8.62. The lowest BCUT2D eigenvalue weighted by molar-refractivity contribution is -0.136. The molecule has 0 radical (unpaired) electrons. The highest BCUT2D eigenvalue weighted by Crippen LogP contribution is 2.35. The molecule has 2 aromatic rings. The van der Waals surface area contributed by atoms with Crippen LogP contribution in [0.25, 0.3) is 0 Å². The summed E-state index contributed by atoms with van der Waals surface area (Å²) in [5, 5.41) is 7.63. The predicted octanol–water partition coefficient (Wildman–Crippen LogP) is 3.66. The second kappa shape index (κ2) is 6.67. The first kappa shape index (κ1) is 17.1. The van der Waals surface area contributed by atoms with Crippen LogP contribution in [0.15, 0.2) is 5.38 Å². The molecule has 0 saturated carbocycles. The zero-order chi connectivity index (χ0) is 17.4. The summed E-state index contributed by atoms with van der Waals surface area (Å²) in [6.45, 7) is 8.88. The van der Waals surface area contributed by atoms with E-state index in [0.29, 0.717) is 0 Å². The number of aryl methyl sites for hydroxylation is 3. The SMILES string of the molecule is Cc1csc([C@H]2CCCCN2C(=O)[C@H](C)c2c(C)nn(C)c2C)n1. The van der Waals surface area contributed by atoms with Gasteiger partial charge in [-0.25, -0.2) is 4.98 Å². The molecule has 130 valence electrons. The van der Waals surface area contributed by atoms with Gasteiger partial charge >= 0.3 is 0 Å². The molecule has 1 fully saturated rings. The second-order valence-corrected chi connectivity index (χ2v) is 7.69. The highest BCUT2D eigenvalue weighted by Gasteiger charge is 2.34. The Morgan fingerprint density at radius 2 is 2.08 bits per heavy atom. The molecule has 0 spiro atoms. The van der Waals surface area contributed by atoms with E-state index in [-0.39, 0.29) is 17.9 Å². The predicted molar refractivity (Wildman–Crippen MR) is 96.3 cm³/mol. The monoisotopic (exact) mass is 346 g/mol. The van der Waals surface area contributed by atoms with E-state index in [2.05, 4.69) is 20.4 Å². The van der Waals surface area contributed by atoms with E-state index in [0.717, 1.165) is 53.5 Å². The van der Waals surface area contributed by atoms with Gasteiger partial charge < -0.3 is 4.90 Å². The van der Waals surface area contributed by atoms with Crippen molar-refractivity contribution in [1.29, 1.82) is 0 Å². The molecule has 6 heteroatoms. The number of likely N-dealkylation sites (tertiary alicyclic amines) is 1. The number of thiazole rings is 1. The van der Waals surface area contributed by atoms with Gasteiger partial charge in [0.05, 0.1) is 17.7 Å². The van der Waals surface area contributed by atoms with Crippen LogP contribution in [0.4, 0.5) is 0 Å². The summed E-state index contributed by atoms with van der Waals surface area (Å²) in [6, 6.07) is 0.129. The maximum atomic E-state index is 13.3. The molecule has 2 aromatic heterocycles. The zero-order valence-electron chi connectivity index (χ0n) is 15.2. The maximum Gasteiger partial charge on any atom is 0.230 e. The number of rotatable bonds is 3. The Labute approximate surface area is 147 Å². The summed E-state index contributed by atoms with van der Waals surface area (Å²) in [6.07, 6.45) is 3.24. The Morgan fingerprint density at radius 3 is 2.67 bits per heavy atom. The minimum absolute atomic E-state index is 0.129. The third-order valence-electron chi connectivity index (χ3n) is 5.08. The molecule has 3 heterocycles. The normalized spacial score (nSPS) is 19.5. The lowest BCUT2D eigenvalue weighted by atomic mass is 9.94. The molecular weight excluding hydrogens is 320 g/mol. The van der Waals surface area contributed by atoms with Crippen LogP contribution >= 0.6 is 11.3 Å². The Morgan fingerprint density at radius 1 is 1.33 bits per heavy atom. The van der Waals surface area contributed by atoms with E-state index in [9.17, 15) is 4.79 Å². The molecular formula is C18H26N4OS. The third-order valence-corrected chi connectivity index (χ3v) is 6.14. The van der Waals surface area contributed by atoms with Crippen LogP contribution in [0.2, 0.25) is 0 Å². The number of nitrogens with zero attached hydrogens (tertiary/aromatic N) is 4. The number of carbonyl (C=O) groups excluding carboxylic acids is 1. The molecule has 5 nitrogen and oxygen atoms in total. The Balaban J connectivity index is 1.88. The van der Waals surface area contributed by atoms with Crippen LogP contribution in [0.3, 0.4) is 0 Å². The summed E-state index contributed by atoms with van der Waals surface area (Å²) in [4.78, 5) is 20.0. The summed E-state index contributed by atoms with van der Waals surface area (Å²) >= 11 is 1.67. The molecule has 0 aromatic carbocycles. The number of amides is 1. The van der Waals surface area contributed by atoms with Gasteiger partial charge in [0.25, 0.3) is 0 Å². The number of piperidine rings is 1. The van der Waals surface area contributed by atoms with Crippen LogP contribution < -0.4 is 0 Å². The fourth-order valence-corrected chi connectivity index (χ4v) is 4.71. The van der Waals surface area contributed by atoms with E-state index in [1.54, 1.807) is 11.3 Å². The average molecular weight is 347 g/mol. The van der Waals surface area contributed by atoms with Crippen molar-refractivity contribution in [1.82, 2.24) is 19.7 Å². The molecule has 1 saturated heterocycles. The zero-order valence-corrected chi connectivity index (χ0v) is 16.0. The fraction of sp³-hybridized carbons (Fsp3) is 0.611. The van der Waals surface area contributed by atoms with Crippen molar-refractivity contribution in [2.45, 2.75) is 58.9 Å². The first-order valence-corrected chi connectivity index (χ1v) is 9.50. The Hall–Kier alpha value is -1.69. The number of hydrogen-bond donors (Lipinski definition) is 0. The minimum Gasteiger partial charge on any atom is -0.333 e. The van der Waals surface area contributed by atoms with Crippen molar-refractivity contribution in [3.05, 3.63) is 33.0 Å². The van der Waals surface area contributed by atoms with Gasteiger partial charge in [-0.1, -0.05) is 0 Å². The maximum absolute atomic E-state index is 13.3. The van der Waals surface area contributed by atoms with Crippen LogP contribution in [-0.4, -0.2) is 32.1 Å². The highest BCUT2D eigenvalue weighted by atomic mass is 32.1. The molecule has 0 unspecified atom stereocenters. The van der Waals surface area contributed by atoms with Crippen LogP contribution in [0.5, 0.6) is 0 Å². The van der Waals surface area contributed by atoms with Gasteiger partial charge in [0.2, 0.25) is 5.91 Å². The molecule has 3 rings (SSSR count). The van der Waals surface area contributed by atoms with Crippen molar-refractivity contribution in [3.8, 4) is 0 Å². The van der Waals surface area contributed by atoms with Gasteiger partial charge in [0, 0.05) is 35.9 Å². The lowest BCUT2D eigenvalue weighted by Crippen LogP contribution is -2.40. The van der Waals surface area contributed by atoms with Crippen LogP contribution in [0, 0.1) is 20.8 Å². The van der Waals surface area contributed by atoms with E-state index >= 15 is 0 Å². The average Bonchev–Trinajstić information content (AvgIpc) is 3.10. The molecule has 24 heavy (non-hydrogen) atoms. The van der Waals surface area contributed by atoms with Gasteiger partial charge in [-0.3, -0.25) is 9.48 Å². The van der Waals surface area contributed by atoms with Gasteiger partial charge in [0.1, 0.15) is 5.01 Å². The third kappa shape index (κ3) is 2.99. The van der Waals surface area contributed by atoms with Crippen LogP contribution in [0.1, 0.15) is 65.8 Å². The fourth-order valence-electron chi connectivity index (χ4n) is 3.77. The van der Waals surface area contributed by atoms with Crippen molar-refractivity contribution in [2.75, 3.05) is 6.54 Å².